The molecule has 0 amide bonds. The highest BCUT2D eigenvalue weighted by molar-refractivity contribution is 5.67. The van der Waals surface area contributed by atoms with E-state index in [0.29, 0.717) is 17.2 Å². The van der Waals surface area contributed by atoms with Crippen molar-refractivity contribution in [3.8, 4) is 17.2 Å². The number of benzene rings is 1. The van der Waals surface area contributed by atoms with E-state index >= 15 is 0 Å². The number of ether oxygens (including phenoxy) is 3. The standard InChI is InChI=1S/C20H30N4O3/c1-7-9-24(10-8-2)20-21-14(3)11-18(23-20)22-15-12-16(25-4)19(27-6)17(13-15)26-5/h11-13H,7-10H2,1-6H3,(H,21,22,23). The van der Waals surface area contributed by atoms with E-state index in [9.17, 15) is 0 Å². The number of nitrogens with zero attached hydrogens (tertiary/aromatic N) is 3. The lowest BCUT2D eigenvalue weighted by atomic mass is 10.2. The van der Waals surface area contributed by atoms with Gasteiger partial charge in [0.25, 0.3) is 0 Å². The summed E-state index contributed by atoms with van der Waals surface area (Å²) in [5.74, 6) is 3.20. The number of anilines is 3. The van der Waals surface area contributed by atoms with Crippen molar-refractivity contribution in [3.63, 3.8) is 0 Å². The van der Waals surface area contributed by atoms with Crippen LogP contribution in [0.5, 0.6) is 17.2 Å². The van der Waals surface area contributed by atoms with Crippen molar-refractivity contribution in [2.75, 3.05) is 44.6 Å². The molecule has 0 saturated carbocycles. The van der Waals surface area contributed by atoms with Crippen molar-refractivity contribution in [1.82, 2.24) is 9.97 Å². The molecule has 1 aromatic carbocycles. The second-order valence-corrected chi connectivity index (χ2v) is 6.22. The molecule has 27 heavy (non-hydrogen) atoms. The van der Waals surface area contributed by atoms with Gasteiger partial charge in [-0.1, -0.05) is 13.8 Å². The van der Waals surface area contributed by atoms with Crippen molar-refractivity contribution in [3.05, 3.63) is 23.9 Å². The summed E-state index contributed by atoms with van der Waals surface area (Å²) in [6.07, 6.45) is 2.10. The van der Waals surface area contributed by atoms with Gasteiger partial charge in [0.05, 0.1) is 21.3 Å². The number of rotatable bonds is 10. The Balaban J connectivity index is 2.37. The third-order valence-electron chi connectivity index (χ3n) is 4.05. The Morgan fingerprint density at radius 1 is 0.889 bits per heavy atom. The molecule has 1 heterocycles. The average Bonchev–Trinajstić information content (AvgIpc) is 2.66. The maximum atomic E-state index is 5.42. The lowest BCUT2D eigenvalue weighted by molar-refractivity contribution is 0.324. The molecule has 0 aliphatic rings. The third-order valence-corrected chi connectivity index (χ3v) is 4.05. The Morgan fingerprint density at radius 3 is 1.96 bits per heavy atom. The minimum atomic E-state index is 0.558. The fourth-order valence-electron chi connectivity index (χ4n) is 2.91. The van der Waals surface area contributed by atoms with Crippen LogP contribution in [0.15, 0.2) is 18.2 Å². The first-order chi connectivity index (χ1) is 13.1. The van der Waals surface area contributed by atoms with Crippen LogP contribution in [0.2, 0.25) is 0 Å². The van der Waals surface area contributed by atoms with Crippen LogP contribution in [-0.2, 0) is 0 Å². The smallest absolute Gasteiger partial charge is 0.227 e. The molecule has 0 aliphatic carbocycles. The summed E-state index contributed by atoms with van der Waals surface area (Å²) in [5.41, 5.74) is 1.71. The Kier molecular flexibility index (Phi) is 7.52. The van der Waals surface area contributed by atoms with E-state index in [0.717, 1.165) is 49.1 Å². The molecule has 0 atom stereocenters. The SMILES string of the molecule is CCCN(CCC)c1nc(C)cc(Nc2cc(OC)c(OC)c(OC)c2)n1. The summed E-state index contributed by atoms with van der Waals surface area (Å²) in [6.45, 7) is 8.16. The van der Waals surface area contributed by atoms with Gasteiger partial charge >= 0.3 is 0 Å². The van der Waals surface area contributed by atoms with E-state index < -0.39 is 0 Å². The van der Waals surface area contributed by atoms with Crippen LogP contribution in [0.25, 0.3) is 0 Å². The minimum absolute atomic E-state index is 0.558. The molecule has 7 nitrogen and oxygen atoms in total. The average molecular weight is 374 g/mol. The van der Waals surface area contributed by atoms with Crippen molar-refractivity contribution in [1.29, 1.82) is 0 Å². The lowest BCUT2D eigenvalue weighted by Gasteiger charge is -2.22. The summed E-state index contributed by atoms with van der Waals surface area (Å²) in [7, 11) is 4.78. The summed E-state index contributed by atoms with van der Waals surface area (Å²) in [5, 5.41) is 3.33. The quantitative estimate of drug-likeness (QED) is 0.669. The van der Waals surface area contributed by atoms with Gasteiger partial charge in [-0.15, -0.1) is 0 Å². The maximum absolute atomic E-state index is 5.42. The van der Waals surface area contributed by atoms with E-state index in [-0.39, 0.29) is 0 Å². The fourth-order valence-corrected chi connectivity index (χ4v) is 2.91. The zero-order chi connectivity index (χ0) is 19.8. The molecule has 0 saturated heterocycles. The predicted molar refractivity (Wildman–Crippen MR) is 109 cm³/mol. The van der Waals surface area contributed by atoms with Crippen LogP contribution in [0.3, 0.4) is 0 Å². The number of methoxy groups -OCH3 is 3. The Hall–Kier alpha value is -2.70. The summed E-state index contributed by atoms with van der Waals surface area (Å²) < 4.78 is 16.2. The van der Waals surface area contributed by atoms with Crippen LogP contribution in [-0.4, -0.2) is 44.4 Å². The second-order valence-electron chi connectivity index (χ2n) is 6.22. The molecular weight excluding hydrogens is 344 g/mol. The predicted octanol–water partition coefficient (Wildman–Crippen LogP) is 4.18. The first-order valence-corrected chi connectivity index (χ1v) is 9.23. The Labute approximate surface area is 161 Å². The molecule has 7 heteroatoms. The first kappa shape index (κ1) is 20.6. The topological polar surface area (TPSA) is 68.7 Å². The maximum Gasteiger partial charge on any atom is 0.227 e. The van der Waals surface area contributed by atoms with Crippen LogP contribution >= 0.6 is 0 Å². The van der Waals surface area contributed by atoms with Gasteiger partial charge < -0.3 is 24.4 Å². The highest BCUT2D eigenvalue weighted by Gasteiger charge is 2.15. The summed E-state index contributed by atoms with van der Waals surface area (Å²) in [4.78, 5) is 11.5. The first-order valence-electron chi connectivity index (χ1n) is 9.23. The molecule has 0 unspecified atom stereocenters. The largest absolute Gasteiger partial charge is 0.493 e. The zero-order valence-corrected chi connectivity index (χ0v) is 17.1. The van der Waals surface area contributed by atoms with Crippen LogP contribution in [0, 0.1) is 6.92 Å². The molecule has 0 spiro atoms. The molecule has 148 valence electrons. The molecule has 0 bridgehead atoms. The van der Waals surface area contributed by atoms with Crippen LogP contribution < -0.4 is 24.4 Å². The van der Waals surface area contributed by atoms with E-state index in [1.165, 1.54) is 0 Å². The molecule has 2 aromatic rings. The molecule has 0 aliphatic heterocycles. The fraction of sp³-hybridized carbons (Fsp3) is 0.500. The molecule has 1 N–H and O–H groups in total. The molecule has 0 radical (unpaired) electrons. The van der Waals surface area contributed by atoms with Gasteiger partial charge in [-0.05, 0) is 19.8 Å². The zero-order valence-electron chi connectivity index (χ0n) is 17.1. The normalized spacial score (nSPS) is 10.4. The van der Waals surface area contributed by atoms with Crippen molar-refractivity contribution >= 4 is 17.5 Å². The van der Waals surface area contributed by atoms with Gasteiger partial charge in [-0.25, -0.2) is 4.98 Å². The van der Waals surface area contributed by atoms with Gasteiger partial charge in [0.15, 0.2) is 11.5 Å². The van der Waals surface area contributed by atoms with Crippen molar-refractivity contribution < 1.29 is 14.2 Å². The van der Waals surface area contributed by atoms with Crippen LogP contribution in [0.4, 0.5) is 17.5 Å². The van der Waals surface area contributed by atoms with E-state index in [1.807, 2.05) is 25.1 Å². The van der Waals surface area contributed by atoms with E-state index in [4.69, 9.17) is 19.2 Å². The Morgan fingerprint density at radius 2 is 1.48 bits per heavy atom. The van der Waals surface area contributed by atoms with Gasteiger partial charge in [0, 0.05) is 42.7 Å². The lowest BCUT2D eigenvalue weighted by Crippen LogP contribution is -2.27. The number of aromatic nitrogens is 2. The summed E-state index contributed by atoms with van der Waals surface area (Å²) in [6, 6.07) is 5.63. The number of hydrogen-bond acceptors (Lipinski definition) is 7. The monoisotopic (exact) mass is 374 g/mol. The molecular formula is C20H30N4O3. The van der Waals surface area contributed by atoms with Gasteiger partial charge in [0.1, 0.15) is 5.82 Å². The highest BCUT2D eigenvalue weighted by Crippen LogP contribution is 2.40. The highest BCUT2D eigenvalue weighted by atomic mass is 16.5. The van der Waals surface area contributed by atoms with Crippen molar-refractivity contribution in [2.24, 2.45) is 0 Å². The van der Waals surface area contributed by atoms with Gasteiger partial charge in [-0.2, -0.15) is 4.98 Å². The molecule has 1 aromatic heterocycles. The molecule has 0 fully saturated rings. The van der Waals surface area contributed by atoms with Gasteiger partial charge in [-0.3, -0.25) is 0 Å². The third kappa shape index (κ3) is 5.15. The summed E-state index contributed by atoms with van der Waals surface area (Å²) >= 11 is 0. The van der Waals surface area contributed by atoms with Gasteiger partial charge in [0.2, 0.25) is 11.7 Å². The Bertz CT molecular complexity index is 721. The molecule has 2 rings (SSSR count). The second kappa shape index (κ2) is 9.85. The number of hydrogen-bond donors (Lipinski definition) is 1. The number of nitrogens with one attached hydrogen (secondary N) is 1. The van der Waals surface area contributed by atoms with Crippen LogP contribution in [0.1, 0.15) is 32.4 Å². The minimum Gasteiger partial charge on any atom is -0.493 e. The van der Waals surface area contributed by atoms with E-state index in [2.05, 4.69) is 29.0 Å². The van der Waals surface area contributed by atoms with Crippen molar-refractivity contribution in [2.45, 2.75) is 33.6 Å². The van der Waals surface area contributed by atoms with E-state index in [1.54, 1.807) is 21.3 Å². The number of aryl methyl sites for hydroxylation is 1.